The van der Waals surface area contributed by atoms with Crippen LogP contribution in [0.5, 0.6) is 0 Å². The maximum atomic E-state index is 15.5. The Morgan fingerprint density at radius 3 is 2.66 bits per heavy atom. The molecule has 2 aliphatic carbocycles. The molecule has 0 aliphatic heterocycles. The van der Waals surface area contributed by atoms with Crippen molar-refractivity contribution in [3.63, 3.8) is 0 Å². The summed E-state index contributed by atoms with van der Waals surface area (Å²) in [6, 6.07) is 8.03. The van der Waals surface area contributed by atoms with Crippen molar-refractivity contribution in [3.8, 4) is 11.3 Å². The van der Waals surface area contributed by atoms with Crippen molar-refractivity contribution in [1.82, 2.24) is 19.4 Å². The number of hydrogen-bond acceptors (Lipinski definition) is 6. The number of benzene rings is 1. The fourth-order valence-corrected chi connectivity index (χ4v) is 5.43. The first-order valence-electron chi connectivity index (χ1n) is 12.8. The number of fused-ring (bicyclic) bond motifs is 1. The first kappa shape index (κ1) is 24.0. The Morgan fingerprint density at radius 1 is 1.05 bits per heavy atom. The zero-order valence-corrected chi connectivity index (χ0v) is 20.6. The summed E-state index contributed by atoms with van der Waals surface area (Å²) in [4.78, 5) is 37.6. The Kier molecular flexibility index (Phi) is 6.01. The molecule has 0 spiro atoms. The number of nitrogens with one attached hydrogen (secondary N) is 1. The first-order chi connectivity index (χ1) is 18.4. The van der Waals surface area contributed by atoms with Gasteiger partial charge in [-0.2, -0.15) is 0 Å². The normalized spacial score (nSPS) is 19.4. The van der Waals surface area contributed by atoms with Gasteiger partial charge in [0.1, 0.15) is 34.5 Å². The predicted molar refractivity (Wildman–Crippen MR) is 139 cm³/mol. The lowest BCUT2D eigenvalue weighted by molar-refractivity contribution is -0.143. The van der Waals surface area contributed by atoms with Crippen molar-refractivity contribution in [2.45, 2.75) is 50.4 Å². The number of amides is 1. The summed E-state index contributed by atoms with van der Waals surface area (Å²) < 4.78 is 17.3. The second-order valence-corrected chi connectivity index (χ2v) is 10.1. The number of halogens is 1. The number of carbonyl (C=O) groups excluding carboxylic acids is 1. The van der Waals surface area contributed by atoms with Crippen LogP contribution in [0.25, 0.3) is 16.8 Å². The van der Waals surface area contributed by atoms with Crippen LogP contribution in [0, 0.1) is 11.7 Å². The van der Waals surface area contributed by atoms with Crippen LogP contribution in [0.4, 0.5) is 16.0 Å². The summed E-state index contributed by atoms with van der Waals surface area (Å²) in [5.74, 6) is -0.685. The highest BCUT2D eigenvalue weighted by molar-refractivity contribution is 6.04. The van der Waals surface area contributed by atoms with Crippen LogP contribution in [0.15, 0.2) is 48.9 Å². The van der Waals surface area contributed by atoms with E-state index in [0.29, 0.717) is 41.6 Å². The van der Waals surface area contributed by atoms with Gasteiger partial charge in [0, 0.05) is 35.6 Å². The van der Waals surface area contributed by atoms with E-state index < -0.39 is 23.6 Å². The third-order valence-electron chi connectivity index (χ3n) is 7.56. The van der Waals surface area contributed by atoms with Gasteiger partial charge >= 0.3 is 5.97 Å². The maximum absolute atomic E-state index is 15.5. The molecule has 2 aliphatic rings. The third-order valence-corrected chi connectivity index (χ3v) is 7.56. The lowest BCUT2D eigenvalue weighted by Gasteiger charge is -2.25. The number of pyridine rings is 1. The number of imidazole rings is 1. The number of carboxylic acids is 1. The minimum atomic E-state index is -0.814. The highest BCUT2D eigenvalue weighted by atomic mass is 19.1. The van der Waals surface area contributed by atoms with Crippen LogP contribution in [0.1, 0.15) is 72.1 Å². The number of carbonyl (C=O) groups is 2. The fraction of sp³-hybridized carbons (Fsp3) is 0.321. The fourth-order valence-electron chi connectivity index (χ4n) is 5.43. The Bertz CT molecular complexity index is 1560. The van der Waals surface area contributed by atoms with Gasteiger partial charge in [-0.15, -0.1) is 0 Å². The van der Waals surface area contributed by atoms with E-state index in [4.69, 9.17) is 10.7 Å². The van der Waals surface area contributed by atoms with Gasteiger partial charge in [0.2, 0.25) is 0 Å². The first-order valence-corrected chi connectivity index (χ1v) is 12.8. The lowest BCUT2D eigenvalue weighted by Crippen LogP contribution is -2.22. The number of hydrogen-bond donors (Lipinski definition) is 3. The summed E-state index contributed by atoms with van der Waals surface area (Å²) in [5, 5.41) is 12.3. The van der Waals surface area contributed by atoms with Gasteiger partial charge in [-0.25, -0.2) is 19.3 Å². The van der Waals surface area contributed by atoms with E-state index >= 15 is 4.39 Å². The van der Waals surface area contributed by atoms with Crippen LogP contribution < -0.4 is 11.1 Å². The highest BCUT2D eigenvalue weighted by Crippen LogP contribution is 2.41. The molecule has 2 fully saturated rings. The molecule has 2 atom stereocenters. The van der Waals surface area contributed by atoms with Gasteiger partial charge in [-0.3, -0.25) is 14.0 Å². The second kappa shape index (κ2) is 9.51. The van der Waals surface area contributed by atoms with Crippen molar-refractivity contribution < 1.29 is 19.1 Å². The Morgan fingerprint density at radius 2 is 1.89 bits per heavy atom. The van der Waals surface area contributed by atoms with E-state index in [0.717, 1.165) is 31.2 Å². The van der Waals surface area contributed by atoms with E-state index in [-0.39, 0.29) is 22.9 Å². The van der Waals surface area contributed by atoms with Crippen LogP contribution in [-0.2, 0) is 4.79 Å². The number of aliphatic carboxylic acids is 1. The number of rotatable bonds is 6. The number of nitrogens with two attached hydrogens (primary N) is 1. The Labute approximate surface area is 217 Å². The number of nitrogen functional groups attached to an aromatic ring is 1. The molecule has 0 radical (unpaired) electrons. The molecule has 1 aromatic carbocycles. The highest BCUT2D eigenvalue weighted by Gasteiger charge is 2.32. The summed E-state index contributed by atoms with van der Waals surface area (Å²) >= 11 is 0. The third kappa shape index (κ3) is 4.46. The molecule has 2 saturated carbocycles. The lowest BCUT2D eigenvalue weighted by atomic mass is 9.81. The van der Waals surface area contributed by atoms with Gasteiger partial charge in [-0.05, 0) is 73.9 Å². The van der Waals surface area contributed by atoms with Crippen LogP contribution in [0.2, 0.25) is 0 Å². The SMILES string of the molecule is Nc1nccn2c([C@@H]3CCC[C@H](C(=O)O)C3)nc(-c3ccc(C(=O)Nc4cc(C5CC5)ccn4)cc3F)c12. The van der Waals surface area contributed by atoms with E-state index in [9.17, 15) is 14.7 Å². The van der Waals surface area contributed by atoms with Crippen LogP contribution in [0.3, 0.4) is 0 Å². The average Bonchev–Trinajstić information content (AvgIpc) is 3.70. The summed E-state index contributed by atoms with van der Waals surface area (Å²) in [7, 11) is 0. The molecular formula is C28H27FN6O3. The molecule has 3 aromatic heterocycles. The molecule has 38 heavy (non-hydrogen) atoms. The number of nitrogens with zero attached hydrogens (tertiary/aromatic N) is 4. The van der Waals surface area contributed by atoms with Gasteiger partial charge in [0.05, 0.1) is 5.92 Å². The maximum Gasteiger partial charge on any atom is 0.306 e. The number of carboxylic acid groups (broad SMARTS) is 1. The number of anilines is 2. The van der Waals surface area contributed by atoms with E-state index in [1.165, 1.54) is 18.2 Å². The quantitative estimate of drug-likeness (QED) is 0.329. The van der Waals surface area contributed by atoms with Crippen molar-refractivity contribution in [1.29, 1.82) is 0 Å². The topological polar surface area (TPSA) is 136 Å². The van der Waals surface area contributed by atoms with Crippen molar-refractivity contribution in [3.05, 3.63) is 71.7 Å². The van der Waals surface area contributed by atoms with Crippen LogP contribution >= 0.6 is 0 Å². The monoisotopic (exact) mass is 514 g/mol. The molecule has 6 rings (SSSR count). The molecule has 4 aromatic rings. The Hall–Kier alpha value is -4.34. The second-order valence-electron chi connectivity index (χ2n) is 10.1. The molecule has 3 heterocycles. The molecule has 194 valence electrons. The molecule has 1 amide bonds. The molecule has 10 heteroatoms. The van der Waals surface area contributed by atoms with Crippen molar-refractivity contribution in [2.24, 2.45) is 5.92 Å². The Balaban J connectivity index is 1.32. The van der Waals surface area contributed by atoms with E-state index in [1.54, 1.807) is 23.0 Å². The minimum absolute atomic E-state index is 0.111. The molecule has 0 bridgehead atoms. The molecule has 4 N–H and O–H groups in total. The van der Waals surface area contributed by atoms with Gasteiger partial charge < -0.3 is 16.2 Å². The standard InChI is InChI=1S/C28H27FN6O3/c29-21-13-18(27(36)33-22-14-16(8-9-31-22)15-4-5-15)6-7-20(21)23-24-25(30)32-10-11-35(24)26(34-23)17-2-1-3-19(12-17)28(37)38/h6-11,13-15,17,19H,1-5,12H2,(H2,30,32)(H,37,38)(H,31,33,36)/t17-,19+/m1/s1. The van der Waals surface area contributed by atoms with E-state index in [2.05, 4.69) is 15.3 Å². The molecule has 0 saturated heterocycles. The minimum Gasteiger partial charge on any atom is -0.481 e. The number of aromatic nitrogens is 4. The van der Waals surface area contributed by atoms with Crippen molar-refractivity contribution in [2.75, 3.05) is 11.1 Å². The zero-order chi connectivity index (χ0) is 26.4. The van der Waals surface area contributed by atoms with E-state index in [1.807, 2.05) is 12.1 Å². The smallest absolute Gasteiger partial charge is 0.306 e. The predicted octanol–water partition coefficient (Wildman–Crippen LogP) is 5.00. The average molecular weight is 515 g/mol. The molecular weight excluding hydrogens is 487 g/mol. The van der Waals surface area contributed by atoms with Crippen LogP contribution in [-0.4, -0.2) is 36.3 Å². The summed E-state index contributed by atoms with van der Waals surface area (Å²) in [5.41, 5.74) is 8.44. The largest absolute Gasteiger partial charge is 0.481 e. The van der Waals surface area contributed by atoms with Gasteiger partial charge in [0.25, 0.3) is 5.91 Å². The van der Waals surface area contributed by atoms with Gasteiger partial charge in [0.15, 0.2) is 0 Å². The summed E-state index contributed by atoms with van der Waals surface area (Å²) in [6.07, 6.45) is 9.82. The van der Waals surface area contributed by atoms with Gasteiger partial charge in [-0.1, -0.05) is 6.42 Å². The van der Waals surface area contributed by atoms with Crippen molar-refractivity contribution >= 4 is 29.0 Å². The molecule has 0 unspecified atom stereocenters. The summed E-state index contributed by atoms with van der Waals surface area (Å²) in [6.45, 7) is 0. The zero-order valence-electron chi connectivity index (χ0n) is 20.6. The molecule has 9 nitrogen and oxygen atoms in total.